The first kappa shape index (κ1) is 15.4. The van der Waals surface area contributed by atoms with Crippen molar-refractivity contribution in [3.8, 4) is 0 Å². The quantitative estimate of drug-likeness (QED) is 0.715. The van der Waals surface area contributed by atoms with Gasteiger partial charge in [-0.05, 0) is 33.1 Å². The summed E-state index contributed by atoms with van der Waals surface area (Å²) >= 11 is 0. The lowest BCUT2D eigenvalue weighted by atomic mass is 10.0. The summed E-state index contributed by atoms with van der Waals surface area (Å²) in [5.41, 5.74) is 4.97. The molecule has 16 heavy (non-hydrogen) atoms. The Labute approximate surface area is 98.8 Å². The van der Waals surface area contributed by atoms with Gasteiger partial charge in [0, 0.05) is 13.1 Å². The molecule has 0 radical (unpaired) electrons. The highest BCUT2D eigenvalue weighted by molar-refractivity contribution is 5.81. The Morgan fingerprint density at radius 2 is 1.94 bits per heavy atom. The molecule has 0 fully saturated rings. The Hall–Kier alpha value is -0.610. The van der Waals surface area contributed by atoms with E-state index in [9.17, 15) is 9.90 Å². The van der Waals surface area contributed by atoms with Crippen LogP contribution in [0.15, 0.2) is 0 Å². The fourth-order valence-electron chi connectivity index (χ4n) is 1.66. The zero-order valence-electron chi connectivity index (χ0n) is 11.2. The first-order chi connectivity index (χ1) is 7.17. The molecule has 96 valence electrons. The second kappa shape index (κ2) is 6.21. The van der Waals surface area contributed by atoms with Crippen LogP contribution in [0.1, 0.15) is 41.0 Å². The molecule has 0 bridgehead atoms. The van der Waals surface area contributed by atoms with Gasteiger partial charge in [0.25, 0.3) is 0 Å². The van der Waals surface area contributed by atoms with Crippen LogP contribution in [0.4, 0.5) is 0 Å². The maximum absolute atomic E-state index is 12.0. The smallest absolute Gasteiger partial charge is 0.239 e. The molecular formula is C12H26N2O2. The first-order valence-electron chi connectivity index (χ1n) is 5.94. The van der Waals surface area contributed by atoms with Crippen LogP contribution in [0.25, 0.3) is 0 Å². The van der Waals surface area contributed by atoms with E-state index in [0.29, 0.717) is 25.4 Å². The summed E-state index contributed by atoms with van der Waals surface area (Å²) in [5, 5.41) is 9.70. The molecule has 3 N–H and O–H groups in total. The normalized spacial score (nSPS) is 14.0. The highest BCUT2D eigenvalue weighted by atomic mass is 16.3. The zero-order valence-corrected chi connectivity index (χ0v) is 11.2. The van der Waals surface area contributed by atoms with E-state index in [1.807, 2.05) is 20.8 Å². The third-order valence-electron chi connectivity index (χ3n) is 2.31. The van der Waals surface area contributed by atoms with E-state index < -0.39 is 11.6 Å². The monoisotopic (exact) mass is 230 g/mol. The van der Waals surface area contributed by atoms with Gasteiger partial charge in [0.2, 0.25) is 5.91 Å². The maximum atomic E-state index is 12.0. The number of amides is 1. The van der Waals surface area contributed by atoms with Crippen molar-refractivity contribution in [2.24, 2.45) is 11.7 Å². The Balaban J connectivity index is 4.41. The molecule has 4 heteroatoms. The lowest BCUT2D eigenvalue weighted by molar-refractivity contribution is -0.135. The predicted octanol–water partition coefficient (Wildman–Crippen LogP) is 0.979. The van der Waals surface area contributed by atoms with Crippen molar-refractivity contribution in [1.82, 2.24) is 4.90 Å². The number of hydrogen-bond donors (Lipinski definition) is 2. The third-order valence-corrected chi connectivity index (χ3v) is 2.31. The van der Waals surface area contributed by atoms with Crippen molar-refractivity contribution < 1.29 is 9.90 Å². The number of nitrogens with two attached hydrogens (primary N) is 1. The lowest BCUT2D eigenvalue weighted by Crippen LogP contribution is -2.49. The minimum Gasteiger partial charge on any atom is -0.389 e. The Kier molecular flexibility index (Phi) is 5.97. The summed E-state index contributed by atoms with van der Waals surface area (Å²) in [6.45, 7) is 10.3. The minimum atomic E-state index is -0.872. The van der Waals surface area contributed by atoms with E-state index in [1.54, 1.807) is 18.7 Å². The molecule has 0 aromatic carbocycles. The number of hydrogen-bond acceptors (Lipinski definition) is 3. The molecule has 4 nitrogen and oxygen atoms in total. The molecule has 0 aliphatic rings. The van der Waals surface area contributed by atoms with Gasteiger partial charge in [0.05, 0.1) is 11.6 Å². The van der Waals surface area contributed by atoms with Gasteiger partial charge in [0.1, 0.15) is 0 Å². The number of likely N-dealkylation sites (N-methyl/N-ethyl adjacent to an activating group) is 1. The average Bonchev–Trinajstić information content (AvgIpc) is 2.10. The fourth-order valence-corrected chi connectivity index (χ4v) is 1.66. The van der Waals surface area contributed by atoms with Crippen LogP contribution < -0.4 is 5.73 Å². The Morgan fingerprint density at radius 1 is 1.44 bits per heavy atom. The van der Waals surface area contributed by atoms with Crippen molar-refractivity contribution in [3.05, 3.63) is 0 Å². The highest BCUT2D eigenvalue weighted by Gasteiger charge is 2.25. The summed E-state index contributed by atoms with van der Waals surface area (Å²) < 4.78 is 0. The van der Waals surface area contributed by atoms with Crippen LogP contribution in [-0.4, -0.2) is 40.6 Å². The first-order valence-corrected chi connectivity index (χ1v) is 5.94. The van der Waals surface area contributed by atoms with Gasteiger partial charge in [-0.2, -0.15) is 0 Å². The molecule has 0 rings (SSSR count). The SMILES string of the molecule is CCN(CC(C)(C)O)C(=O)C(N)CC(C)C. The van der Waals surface area contributed by atoms with Crippen LogP contribution in [-0.2, 0) is 4.79 Å². The van der Waals surface area contributed by atoms with Gasteiger partial charge in [0.15, 0.2) is 0 Å². The minimum absolute atomic E-state index is 0.0710. The number of nitrogens with zero attached hydrogens (tertiary/aromatic N) is 1. The summed E-state index contributed by atoms with van der Waals surface area (Å²) in [6.07, 6.45) is 0.682. The van der Waals surface area contributed by atoms with Gasteiger partial charge >= 0.3 is 0 Å². The van der Waals surface area contributed by atoms with Crippen LogP contribution in [0.2, 0.25) is 0 Å². The van der Waals surface area contributed by atoms with E-state index in [-0.39, 0.29) is 5.91 Å². The largest absolute Gasteiger partial charge is 0.389 e. The molecule has 1 amide bonds. The summed E-state index contributed by atoms with van der Waals surface area (Å²) in [7, 11) is 0. The molecule has 0 saturated heterocycles. The lowest BCUT2D eigenvalue weighted by Gasteiger charge is -2.30. The van der Waals surface area contributed by atoms with Gasteiger partial charge in [-0.15, -0.1) is 0 Å². The number of carbonyl (C=O) groups excluding carboxylic acids is 1. The molecule has 0 aliphatic heterocycles. The molecule has 1 unspecified atom stereocenters. The summed E-state index contributed by atoms with van der Waals surface area (Å²) in [5.74, 6) is 0.332. The van der Waals surface area contributed by atoms with E-state index in [2.05, 4.69) is 0 Å². The molecule has 0 spiro atoms. The van der Waals surface area contributed by atoms with Crippen molar-refractivity contribution >= 4 is 5.91 Å². The Morgan fingerprint density at radius 3 is 2.25 bits per heavy atom. The van der Waals surface area contributed by atoms with Crippen LogP contribution in [0.3, 0.4) is 0 Å². The van der Waals surface area contributed by atoms with Crippen molar-refractivity contribution in [3.63, 3.8) is 0 Å². The second-order valence-corrected chi connectivity index (χ2v) is 5.40. The van der Waals surface area contributed by atoms with Crippen molar-refractivity contribution in [2.75, 3.05) is 13.1 Å². The van der Waals surface area contributed by atoms with Gasteiger partial charge in [-0.3, -0.25) is 4.79 Å². The molecule has 0 saturated carbocycles. The van der Waals surface area contributed by atoms with E-state index >= 15 is 0 Å². The highest BCUT2D eigenvalue weighted by Crippen LogP contribution is 2.09. The van der Waals surface area contributed by atoms with Crippen LogP contribution >= 0.6 is 0 Å². The molecular weight excluding hydrogens is 204 g/mol. The van der Waals surface area contributed by atoms with Crippen LogP contribution in [0.5, 0.6) is 0 Å². The third kappa shape index (κ3) is 6.08. The van der Waals surface area contributed by atoms with E-state index in [4.69, 9.17) is 5.73 Å². The number of aliphatic hydroxyl groups is 1. The van der Waals surface area contributed by atoms with Gasteiger partial charge < -0.3 is 15.7 Å². The number of carbonyl (C=O) groups is 1. The number of rotatable bonds is 6. The summed E-state index contributed by atoms with van der Waals surface area (Å²) in [4.78, 5) is 13.6. The molecule has 1 atom stereocenters. The van der Waals surface area contributed by atoms with E-state index in [1.165, 1.54) is 0 Å². The molecule has 0 aromatic heterocycles. The summed E-state index contributed by atoms with van der Waals surface area (Å²) in [6, 6.07) is -0.456. The Bertz CT molecular complexity index is 222. The zero-order chi connectivity index (χ0) is 12.9. The van der Waals surface area contributed by atoms with E-state index in [0.717, 1.165) is 0 Å². The standard InChI is InChI=1S/C12H26N2O2/c1-6-14(8-12(4,5)16)11(15)10(13)7-9(2)3/h9-10,16H,6-8,13H2,1-5H3. The topological polar surface area (TPSA) is 66.6 Å². The fraction of sp³-hybridized carbons (Fsp3) is 0.917. The van der Waals surface area contributed by atoms with Gasteiger partial charge in [-0.1, -0.05) is 13.8 Å². The van der Waals surface area contributed by atoms with Crippen LogP contribution in [0, 0.1) is 5.92 Å². The second-order valence-electron chi connectivity index (χ2n) is 5.40. The molecule has 0 aliphatic carbocycles. The molecule has 0 heterocycles. The van der Waals surface area contributed by atoms with Gasteiger partial charge in [-0.25, -0.2) is 0 Å². The van der Waals surface area contributed by atoms with Crippen molar-refractivity contribution in [2.45, 2.75) is 52.7 Å². The average molecular weight is 230 g/mol. The maximum Gasteiger partial charge on any atom is 0.239 e. The molecule has 0 aromatic rings. The van der Waals surface area contributed by atoms with Crippen molar-refractivity contribution in [1.29, 1.82) is 0 Å². The predicted molar refractivity (Wildman–Crippen MR) is 66.0 cm³/mol.